The molecule has 0 radical (unpaired) electrons. The van der Waals surface area contributed by atoms with Crippen LogP contribution in [0.1, 0.15) is 34.5 Å². The number of rotatable bonds is 4. The first-order valence-electron chi connectivity index (χ1n) is 9.72. The highest BCUT2D eigenvalue weighted by Gasteiger charge is 2.25. The summed E-state index contributed by atoms with van der Waals surface area (Å²) in [5.41, 5.74) is 2.78. The van der Waals surface area contributed by atoms with E-state index in [-0.39, 0.29) is 11.9 Å². The van der Waals surface area contributed by atoms with Crippen LogP contribution in [0.15, 0.2) is 24.5 Å². The number of hydrogen-bond donors (Lipinski definition) is 1. The molecule has 1 saturated heterocycles. The van der Waals surface area contributed by atoms with Crippen molar-refractivity contribution >= 4 is 17.7 Å². The summed E-state index contributed by atoms with van der Waals surface area (Å²) in [7, 11) is 3.82. The van der Waals surface area contributed by atoms with E-state index < -0.39 is 0 Å². The van der Waals surface area contributed by atoms with E-state index in [0.29, 0.717) is 25.3 Å². The van der Waals surface area contributed by atoms with Crippen molar-refractivity contribution in [3.05, 3.63) is 41.3 Å². The predicted molar refractivity (Wildman–Crippen MR) is 107 cm³/mol. The van der Waals surface area contributed by atoms with Gasteiger partial charge in [-0.25, -0.2) is 15.0 Å². The molecule has 8 nitrogen and oxygen atoms in total. The number of carbonyl (C=O) groups excluding carboxylic acids is 1. The summed E-state index contributed by atoms with van der Waals surface area (Å²) in [5.74, 6) is 1.45. The van der Waals surface area contributed by atoms with Gasteiger partial charge in [-0.05, 0) is 25.0 Å². The molecule has 2 aliphatic rings. The lowest BCUT2D eigenvalue weighted by atomic mass is 10.1. The second-order valence-electron chi connectivity index (χ2n) is 7.50. The van der Waals surface area contributed by atoms with E-state index in [2.05, 4.69) is 20.2 Å². The molecule has 0 aromatic carbocycles. The van der Waals surface area contributed by atoms with Crippen molar-refractivity contribution in [3.63, 3.8) is 0 Å². The van der Waals surface area contributed by atoms with E-state index in [9.17, 15) is 4.79 Å². The summed E-state index contributed by atoms with van der Waals surface area (Å²) in [6.45, 7) is 2.92. The number of fused-ring (bicyclic) bond motifs is 1. The Balaban J connectivity index is 1.42. The van der Waals surface area contributed by atoms with Crippen LogP contribution in [-0.4, -0.2) is 60.7 Å². The third kappa shape index (κ3) is 4.06. The summed E-state index contributed by atoms with van der Waals surface area (Å²) in [6.07, 6.45) is 6.32. The molecule has 148 valence electrons. The number of ether oxygens (including phenoxy) is 1. The summed E-state index contributed by atoms with van der Waals surface area (Å²) in [6, 6.07) is 3.63. The Labute approximate surface area is 164 Å². The van der Waals surface area contributed by atoms with Gasteiger partial charge in [-0.3, -0.25) is 4.79 Å². The number of anilines is 2. The molecular weight excluding hydrogens is 356 g/mol. The van der Waals surface area contributed by atoms with Crippen LogP contribution in [0.5, 0.6) is 0 Å². The Morgan fingerprint density at radius 2 is 2.25 bits per heavy atom. The average molecular weight is 382 g/mol. The van der Waals surface area contributed by atoms with Crippen LogP contribution >= 0.6 is 0 Å². The first kappa shape index (κ1) is 18.6. The van der Waals surface area contributed by atoms with Gasteiger partial charge < -0.3 is 19.9 Å². The molecule has 28 heavy (non-hydrogen) atoms. The van der Waals surface area contributed by atoms with Gasteiger partial charge in [0.05, 0.1) is 18.9 Å². The standard InChI is InChI=1S/C20H26N6O2/c1-25(2)18-10-14(5-7-21-18)19(27)23-16-4-3-8-26(12-16)20-22-11-15-13-28-9-6-17(15)24-20/h5,7,10-11,16H,3-4,6,8-9,12-13H2,1-2H3,(H,23,27)/t16-/m0/s1. The monoisotopic (exact) mass is 382 g/mol. The van der Waals surface area contributed by atoms with E-state index in [4.69, 9.17) is 9.72 Å². The molecule has 2 aromatic heterocycles. The minimum atomic E-state index is -0.0686. The number of aromatic nitrogens is 3. The van der Waals surface area contributed by atoms with E-state index in [1.54, 1.807) is 12.3 Å². The van der Waals surface area contributed by atoms with Gasteiger partial charge in [0.1, 0.15) is 5.82 Å². The van der Waals surface area contributed by atoms with Crippen molar-refractivity contribution in [2.24, 2.45) is 0 Å². The molecule has 0 spiro atoms. The fraction of sp³-hybridized carbons (Fsp3) is 0.500. The first-order chi connectivity index (χ1) is 13.6. The SMILES string of the molecule is CN(C)c1cc(C(=O)N[C@H]2CCCN(c3ncc4c(n3)CCOC4)C2)ccn1. The van der Waals surface area contributed by atoms with E-state index >= 15 is 0 Å². The van der Waals surface area contributed by atoms with Gasteiger partial charge in [-0.15, -0.1) is 0 Å². The molecule has 8 heteroatoms. The zero-order valence-electron chi connectivity index (χ0n) is 16.4. The van der Waals surface area contributed by atoms with Crippen LogP contribution in [0.4, 0.5) is 11.8 Å². The smallest absolute Gasteiger partial charge is 0.251 e. The molecule has 2 aliphatic heterocycles. The van der Waals surface area contributed by atoms with Crippen LogP contribution in [0, 0.1) is 0 Å². The van der Waals surface area contributed by atoms with Crippen LogP contribution in [0.25, 0.3) is 0 Å². The number of amides is 1. The lowest BCUT2D eigenvalue weighted by Gasteiger charge is -2.33. The number of nitrogens with zero attached hydrogens (tertiary/aromatic N) is 5. The fourth-order valence-electron chi connectivity index (χ4n) is 3.62. The first-order valence-corrected chi connectivity index (χ1v) is 9.72. The maximum absolute atomic E-state index is 12.7. The molecule has 1 atom stereocenters. The molecule has 0 aliphatic carbocycles. The third-order valence-electron chi connectivity index (χ3n) is 5.19. The Hall–Kier alpha value is -2.74. The van der Waals surface area contributed by atoms with Crippen molar-refractivity contribution in [1.82, 2.24) is 20.3 Å². The van der Waals surface area contributed by atoms with Crippen molar-refractivity contribution in [2.45, 2.75) is 31.9 Å². The Morgan fingerprint density at radius 3 is 3.11 bits per heavy atom. The van der Waals surface area contributed by atoms with Gasteiger partial charge in [0, 0.05) is 63.2 Å². The second-order valence-corrected chi connectivity index (χ2v) is 7.50. The number of piperidine rings is 1. The lowest BCUT2D eigenvalue weighted by Crippen LogP contribution is -2.48. The van der Waals surface area contributed by atoms with Gasteiger partial charge in [0.15, 0.2) is 0 Å². The Morgan fingerprint density at radius 1 is 1.36 bits per heavy atom. The maximum atomic E-state index is 12.7. The normalized spacial score (nSPS) is 19.1. The summed E-state index contributed by atoms with van der Waals surface area (Å²) in [4.78, 5) is 30.3. The summed E-state index contributed by atoms with van der Waals surface area (Å²) >= 11 is 0. The van der Waals surface area contributed by atoms with Gasteiger partial charge in [0.25, 0.3) is 5.91 Å². The van der Waals surface area contributed by atoms with E-state index in [1.807, 2.05) is 31.3 Å². The molecule has 1 fully saturated rings. The molecule has 4 rings (SSSR count). The average Bonchev–Trinajstić information content (AvgIpc) is 2.73. The fourth-order valence-corrected chi connectivity index (χ4v) is 3.62. The maximum Gasteiger partial charge on any atom is 0.251 e. The molecule has 1 amide bonds. The van der Waals surface area contributed by atoms with E-state index in [0.717, 1.165) is 48.8 Å². The Bertz CT molecular complexity index is 856. The highest BCUT2D eigenvalue weighted by molar-refractivity contribution is 5.95. The van der Waals surface area contributed by atoms with Crippen molar-refractivity contribution in [2.75, 3.05) is 43.6 Å². The van der Waals surface area contributed by atoms with Crippen molar-refractivity contribution in [1.29, 1.82) is 0 Å². The third-order valence-corrected chi connectivity index (χ3v) is 5.19. The highest BCUT2D eigenvalue weighted by atomic mass is 16.5. The van der Waals surface area contributed by atoms with Crippen LogP contribution in [0.3, 0.4) is 0 Å². The zero-order chi connectivity index (χ0) is 19.5. The quantitative estimate of drug-likeness (QED) is 0.856. The summed E-state index contributed by atoms with van der Waals surface area (Å²) < 4.78 is 5.46. The molecule has 0 saturated carbocycles. The minimum Gasteiger partial charge on any atom is -0.376 e. The predicted octanol–water partition coefficient (Wildman–Crippen LogP) is 1.41. The van der Waals surface area contributed by atoms with Crippen LogP contribution in [0.2, 0.25) is 0 Å². The molecule has 0 bridgehead atoms. The van der Waals surface area contributed by atoms with Crippen LogP contribution < -0.4 is 15.1 Å². The van der Waals surface area contributed by atoms with Crippen LogP contribution in [-0.2, 0) is 17.8 Å². The van der Waals surface area contributed by atoms with Crippen molar-refractivity contribution < 1.29 is 9.53 Å². The number of nitrogens with one attached hydrogen (secondary N) is 1. The van der Waals surface area contributed by atoms with Gasteiger partial charge in [0.2, 0.25) is 5.95 Å². The Kier molecular flexibility index (Phi) is 5.38. The lowest BCUT2D eigenvalue weighted by molar-refractivity contribution is 0.0932. The van der Waals surface area contributed by atoms with Gasteiger partial charge in [-0.1, -0.05) is 0 Å². The molecular formula is C20H26N6O2. The van der Waals surface area contributed by atoms with Crippen molar-refractivity contribution in [3.8, 4) is 0 Å². The minimum absolute atomic E-state index is 0.0686. The largest absolute Gasteiger partial charge is 0.376 e. The molecule has 4 heterocycles. The van der Waals surface area contributed by atoms with E-state index in [1.165, 1.54) is 0 Å². The summed E-state index contributed by atoms with van der Waals surface area (Å²) in [5, 5.41) is 3.16. The molecule has 0 unspecified atom stereocenters. The molecule has 2 aromatic rings. The molecule has 1 N–H and O–H groups in total. The topological polar surface area (TPSA) is 83.5 Å². The van der Waals surface area contributed by atoms with Gasteiger partial charge in [-0.2, -0.15) is 0 Å². The zero-order valence-corrected chi connectivity index (χ0v) is 16.4. The highest BCUT2D eigenvalue weighted by Crippen LogP contribution is 2.20. The second kappa shape index (κ2) is 8.10. The number of hydrogen-bond acceptors (Lipinski definition) is 7. The van der Waals surface area contributed by atoms with Gasteiger partial charge >= 0.3 is 0 Å². The number of pyridine rings is 1. The number of carbonyl (C=O) groups is 1.